The molecule has 0 fully saturated rings. The number of hydrogen-bond acceptors (Lipinski definition) is 2. The average Bonchev–Trinajstić information content (AvgIpc) is 2.38. The van der Waals surface area contributed by atoms with Gasteiger partial charge in [0.25, 0.3) is 0 Å². The second-order valence-electron chi connectivity index (χ2n) is 3.63. The number of carbonyl (C=O) groups is 1. The molecular weight excluding hydrogens is 243 g/mol. The maximum atomic E-state index is 12.8. The second-order valence-corrected chi connectivity index (χ2v) is 3.63. The highest BCUT2D eigenvalue weighted by Crippen LogP contribution is 2.36. The summed E-state index contributed by atoms with van der Waals surface area (Å²) >= 11 is 0. The van der Waals surface area contributed by atoms with Gasteiger partial charge in [-0.05, 0) is 17.7 Å². The molecule has 0 aliphatic rings. The van der Waals surface area contributed by atoms with E-state index >= 15 is 0 Å². The molecule has 0 radical (unpaired) electrons. The molecular formula is C13H8F3NO. The van der Waals surface area contributed by atoms with Crippen LogP contribution in [-0.2, 0) is 6.18 Å². The standard InChI is InChI=1S/C13H8F3NO/c14-13(15,16)12-4-2-1-3-11(12)9-5-6-10(8-18)17-7-9/h1-8H. The largest absolute Gasteiger partial charge is 0.417 e. The molecule has 0 N–H and O–H groups in total. The fraction of sp³-hybridized carbons (Fsp3) is 0.0769. The van der Waals surface area contributed by atoms with E-state index in [1.807, 2.05) is 0 Å². The van der Waals surface area contributed by atoms with Gasteiger partial charge in [0.1, 0.15) is 5.69 Å². The molecule has 0 spiro atoms. The van der Waals surface area contributed by atoms with Crippen LogP contribution in [0.2, 0.25) is 0 Å². The zero-order valence-corrected chi connectivity index (χ0v) is 9.11. The zero-order valence-electron chi connectivity index (χ0n) is 9.11. The smallest absolute Gasteiger partial charge is 0.296 e. The van der Waals surface area contributed by atoms with Crippen LogP contribution < -0.4 is 0 Å². The monoisotopic (exact) mass is 251 g/mol. The minimum Gasteiger partial charge on any atom is -0.296 e. The van der Waals surface area contributed by atoms with Gasteiger partial charge in [-0.3, -0.25) is 9.78 Å². The number of halogens is 3. The van der Waals surface area contributed by atoms with Crippen molar-refractivity contribution < 1.29 is 18.0 Å². The van der Waals surface area contributed by atoms with Gasteiger partial charge in [0.05, 0.1) is 5.56 Å². The third kappa shape index (κ3) is 2.40. The molecule has 0 amide bonds. The summed E-state index contributed by atoms with van der Waals surface area (Å²) in [6.07, 6.45) is -2.62. The van der Waals surface area contributed by atoms with Crippen molar-refractivity contribution in [2.45, 2.75) is 6.18 Å². The second kappa shape index (κ2) is 4.60. The van der Waals surface area contributed by atoms with Gasteiger partial charge in [0.2, 0.25) is 0 Å². The highest BCUT2D eigenvalue weighted by atomic mass is 19.4. The number of aldehydes is 1. The lowest BCUT2D eigenvalue weighted by Crippen LogP contribution is -2.06. The highest BCUT2D eigenvalue weighted by molar-refractivity contribution is 5.74. The molecule has 0 unspecified atom stereocenters. The fourth-order valence-corrected chi connectivity index (χ4v) is 1.62. The van der Waals surface area contributed by atoms with Gasteiger partial charge in [0.15, 0.2) is 6.29 Å². The van der Waals surface area contributed by atoms with Gasteiger partial charge in [-0.15, -0.1) is 0 Å². The molecule has 1 aromatic heterocycles. The number of rotatable bonds is 2. The van der Waals surface area contributed by atoms with Crippen molar-refractivity contribution in [2.75, 3.05) is 0 Å². The first-order valence-electron chi connectivity index (χ1n) is 5.10. The van der Waals surface area contributed by atoms with E-state index < -0.39 is 11.7 Å². The molecule has 2 rings (SSSR count). The third-order valence-electron chi connectivity index (χ3n) is 2.45. The molecule has 2 nitrogen and oxygen atoms in total. The topological polar surface area (TPSA) is 30.0 Å². The Morgan fingerprint density at radius 2 is 1.78 bits per heavy atom. The van der Waals surface area contributed by atoms with Crippen LogP contribution in [0, 0.1) is 0 Å². The number of alkyl halides is 3. The lowest BCUT2D eigenvalue weighted by molar-refractivity contribution is -0.137. The molecule has 92 valence electrons. The summed E-state index contributed by atoms with van der Waals surface area (Å²) in [6.45, 7) is 0. The summed E-state index contributed by atoms with van der Waals surface area (Å²) in [5.41, 5.74) is -0.155. The van der Waals surface area contributed by atoms with Gasteiger partial charge in [-0.2, -0.15) is 13.2 Å². The average molecular weight is 251 g/mol. The van der Waals surface area contributed by atoms with Crippen molar-refractivity contribution in [2.24, 2.45) is 0 Å². The molecule has 5 heteroatoms. The molecule has 0 aliphatic carbocycles. The predicted octanol–water partition coefficient (Wildman–Crippen LogP) is 3.58. The van der Waals surface area contributed by atoms with Gasteiger partial charge in [0, 0.05) is 11.8 Å². The Balaban J connectivity index is 2.53. The lowest BCUT2D eigenvalue weighted by atomic mass is 10.0. The van der Waals surface area contributed by atoms with E-state index in [1.165, 1.54) is 36.5 Å². The molecule has 18 heavy (non-hydrogen) atoms. The fourth-order valence-electron chi connectivity index (χ4n) is 1.62. The molecule has 0 saturated heterocycles. The zero-order chi connectivity index (χ0) is 13.2. The van der Waals surface area contributed by atoms with Crippen molar-refractivity contribution in [3.63, 3.8) is 0 Å². The summed E-state index contributed by atoms with van der Waals surface area (Å²) in [5.74, 6) is 0. The van der Waals surface area contributed by atoms with Crippen LogP contribution in [0.15, 0.2) is 42.6 Å². The molecule has 0 aliphatic heterocycles. The normalized spacial score (nSPS) is 11.3. The number of nitrogens with zero attached hydrogens (tertiary/aromatic N) is 1. The first-order valence-corrected chi connectivity index (χ1v) is 5.10. The summed E-state index contributed by atoms with van der Waals surface area (Å²) in [5, 5.41) is 0. The number of aromatic nitrogens is 1. The first-order chi connectivity index (χ1) is 8.52. The van der Waals surface area contributed by atoms with E-state index in [9.17, 15) is 18.0 Å². The Morgan fingerprint density at radius 1 is 1.06 bits per heavy atom. The number of carbonyl (C=O) groups excluding carboxylic acids is 1. The van der Waals surface area contributed by atoms with Crippen LogP contribution in [0.4, 0.5) is 13.2 Å². The maximum absolute atomic E-state index is 12.8. The molecule has 1 heterocycles. The SMILES string of the molecule is O=Cc1ccc(-c2ccccc2C(F)(F)F)cn1. The van der Waals surface area contributed by atoms with E-state index in [-0.39, 0.29) is 11.3 Å². The maximum Gasteiger partial charge on any atom is 0.417 e. The van der Waals surface area contributed by atoms with Crippen molar-refractivity contribution in [3.05, 3.63) is 53.9 Å². The Hall–Kier alpha value is -2.17. The van der Waals surface area contributed by atoms with Gasteiger partial charge in [-0.1, -0.05) is 24.3 Å². The number of hydrogen-bond donors (Lipinski definition) is 0. The third-order valence-corrected chi connectivity index (χ3v) is 2.45. The van der Waals surface area contributed by atoms with Crippen LogP contribution >= 0.6 is 0 Å². The Labute approximate surface area is 101 Å². The van der Waals surface area contributed by atoms with E-state index in [0.29, 0.717) is 11.8 Å². The van der Waals surface area contributed by atoms with Gasteiger partial charge >= 0.3 is 6.18 Å². The minimum absolute atomic E-state index is 0.0509. The van der Waals surface area contributed by atoms with E-state index in [0.717, 1.165) is 6.07 Å². The Kier molecular flexibility index (Phi) is 3.14. The minimum atomic E-state index is -4.42. The van der Waals surface area contributed by atoms with Crippen LogP contribution in [0.25, 0.3) is 11.1 Å². The van der Waals surface area contributed by atoms with E-state index in [4.69, 9.17) is 0 Å². The van der Waals surface area contributed by atoms with Crippen LogP contribution in [0.1, 0.15) is 16.1 Å². The lowest BCUT2D eigenvalue weighted by Gasteiger charge is -2.12. The van der Waals surface area contributed by atoms with E-state index in [1.54, 1.807) is 0 Å². The summed E-state index contributed by atoms with van der Waals surface area (Å²) in [7, 11) is 0. The van der Waals surface area contributed by atoms with Gasteiger partial charge in [-0.25, -0.2) is 0 Å². The molecule has 2 aromatic rings. The van der Waals surface area contributed by atoms with Crippen molar-refractivity contribution in [3.8, 4) is 11.1 Å². The molecule has 0 atom stereocenters. The Bertz CT molecular complexity index is 561. The van der Waals surface area contributed by atoms with E-state index in [2.05, 4.69) is 4.98 Å². The van der Waals surface area contributed by atoms with Gasteiger partial charge < -0.3 is 0 Å². The quantitative estimate of drug-likeness (QED) is 0.763. The molecule has 0 bridgehead atoms. The highest BCUT2D eigenvalue weighted by Gasteiger charge is 2.33. The van der Waals surface area contributed by atoms with Crippen LogP contribution in [-0.4, -0.2) is 11.3 Å². The summed E-state index contributed by atoms with van der Waals surface area (Å²) in [6, 6.07) is 8.08. The summed E-state index contributed by atoms with van der Waals surface area (Å²) in [4.78, 5) is 14.2. The van der Waals surface area contributed by atoms with Crippen LogP contribution in [0.5, 0.6) is 0 Å². The predicted molar refractivity (Wildman–Crippen MR) is 60.1 cm³/mol. The number of benzene rings is 1. The first kappa shape index (κ1) is 12.3. The molecule has 1 aromatic carbocycles. The van der Waals surface area contributed by atoms with Crippen molar-refractivity contribution in [1.29, 1.82) is 0 Å². The molecule has 0 saturated carbocycles. The Morgan fingerprint density at radius 3 is 2.33 bits per heavy atom. The van der Waals surface area contributed by atoms with Crippen molar-refractivity contribution >= 4 is 6.29 Å². The van der Waals surface area contributed by atoms with Crippen LogP contribution in [0.3, 0.4) is 0 Å². The number of pyridine rings is 1. The van der Waals surface area contributed by atoms with Crippen molar-refractivity contribution in [1.82, 2.24) is 4.98 Å². The summed E-state index contributed by atoms with van der Waals surface area (Å²) < 4.78 is 38.4.